The second kappa shape index (κ2) is 3.93. The molecule has 0 bridgehead atoms. The first-order valence-electron chi connectivity index (χ1n) is 5.44. The van der Waals surface area contributed by atoms with Crippen LogP contribution >= 0.6 is 12.6 Å². The monoisotopic (exact) mass is 241 g/mol. The van der Waals surface area contributed by atoms with Crippen LogP contribution in [0.5, 0.6) is 0 Å². The largest absolute Gasteiger partial charge is 0.292 e. The highest BCUT2D eigenvalue weighted by Crippen LogP contribution is 2.39. The standard InChI is InChI=1S/C14H11NOS/c16-13-11-8-4-5-9-12(11)14(17)15(13)10-6-2-1-3-7-10/h1-9,14,17H. The smallest absolute Gasteiger partial charge is 0.259 e. The summed E-state index contributed by atoms with van der Waals surface area (Å²) in [4.78, 5) is 14.0. The van der Waals surface area contributed by atoms with E-state index < -0.39 is 0 Å². The Morgan fingerprint density at radius 3 is 2.29 bits per heavy atom. The third kappa shape index (κ3) is 1.54. The molecule has 2 nitrogen and oxygen atoms in total. The molecule has 0 saturated carbocycles. The maximum Gasteiger partial charge on any atom is 0.259 e. The average molecular weight is 241 g/mol. The Hall–Kier alpha value is -1.74. The molecule has 1 atom stereocenters. The molecule has 2 aromatic rings. The summed E-state index contributed by atoms with van der Waals surface area (Å²) in [5, 5.41) is -0.193. The van der Waals surface area contributed by atoms with Crippen LogP contribution in [0.1, 0.15) is 21.3 Å². The van der Waals surface area contributed by atoms with Crippen molar-refractivity contribution in [2.75, 3.05) is 4.90 Å². The van der Waals surface area contributed by atoms with E-state index in [0.29, 0.717) is 0 Å². The summed E-state index contributed by atoms with van der Waals surface area (Å²) < 4.78 is 0. The summed E-state index contributed by atoms with van der Waals surface area (Å²) in [6.07, 6.45) is 0. The van der Waals surface area contributed by atoms with E-state index in [0.717, 1.165) is 16.8 Å². The van der Waals surface area contributed by atoms with Crippen LogP contribution < -0.4 is 4.90 Å². The summed E-state index contributed by atoms with van der Waals surface area (Å²) in [6, 6.07) is 17.2. The number of benzene rings is 2. The maximum absolute atomic E-state index is 12.3. The van der Waals surface area contributed by atoms with Gasteiger partial charge in [-0.05, 0) is 23.8 Å². The number of amides is 1. The van der Waals surface area contributed by atoms with Crippen molar-refractivity contribution in [3.63, 3.8) is 0 Å². The fraction of sp³-hybridized carbons (Fsp3) is 0.0714. The zero-order valence-electron chi connectivity index (χ0n) is 9.08. The number of hydrogen-bond acceptors (Lipinski definition) is 2. The Morgan fingerprint density at radius 2 is 1.59 bits per heavy atom. The summed E-state index contributed by atoms with van der Waals surface area (Å²) in [7, 11) is 0. The molecule has 1 aliphatic heterocycles. The highest BCUT2D eigenvalue weighted by atomic mass is 32.1. The third-order valence-electron chi connectivity index (χ3n) is 2.97. The Balaban J connectivity index is 2.10. The molecule has 84 valence electrons. The van der Waals surface area contributed by atoms with Crippen LogP contribution in [-0.2, 0) is 0 Å². The van der Waals surface area contributed by atoms with E-state index >= 15 is 0 Å². The van der Waals surface area contributed by atoms with E-state index in [4.69, 9.17) is 0 Å². The number of para-hydroxylation sites is 1. The Bertz CT molecular complexity index is 567. The van der Waals surface area contributed by atoms with Gasteiger partial charge >= 0.3 is 0 Å². The summed E-state index contributed by atoms with van der Waals surface area (Å²) in [5.74, 6) is 0.0202. The van der Waals surface area contributed by atoms with E-state index in [1.54, 1.807) is 4.90 Å². The number of hydrogen-bond donors (Lipinski definition) is 1. The molecule has 1 heterocycles. The molecule has 0 radical (unpaired) electrons. The van der Waals surface area contributed by atoms with Crippen molar-refractivity contribution in [1.82, 2.24) is 0 Å². The molecule has 17 heavy (non-hydrogen) atoms. The molecule has 1 amide bonds. The minimum absolute atomic E-state index is 0.0202. The first kappa shape index (κ1) is 10.4. The lowest BCUT2D eigenvalue weighted by Crippen LogP contribution is -2.24. The van der Waals surface area contributed by atoms with E-state index in [1.165, 1.54) is 0 Å². The second-order valence-corrected chi connectivity index (χ2v) is 4.46. The Kier molecular flexibility index (Phi) is 2.41. The van der Waals surface area contributed by atoms with Crippen molar-refractivity contribution in [1.29, 1.82) is 0 Å². The molecule has 0 N–H and O–H groups in total. The van der Waals surface area contributed by atoms with Crippen LogP contribution in [0.4, 0.5) is 5.69 Å². The average Bonchev–Trinajstić information content (AvgIpc) is 2.64. The second-order valence-electron chi connectivity index (χ2n) is 3.97. The van der Waals surface area contributed by atoms with Crippen molar-refractivity contribution in [3.8, 4) is 0 Å². The number of carbonyl (C=O) groups excluding carboxylic acids is 1. The van der Waals surface area contributed by atoms with Crippen molar-refractivity contribution in [2.45, 2.75) is 5.37 Å². The number of thiol groups is 1. The Labute approximate surface area is 105 Å². The molecule has 1 aliphatic rings. The van der Waals surface area contributed by atoms with Crippen molar-refractivity contribution >= 4 is 24.2 Å². The molecule has 0 saturated heterocycles. The van der Waals surface area contributed by atoms with Crippen LogP contribution in [0.3, 0.4) is 0 Å². The predicted octanol–water partition coefficient (Wildman–Crippen LogP) is 3.28. The molecule has 0 spiro atoms. The normalized spacial score (nSPS) is 18.3. The van der Waals surface area contributed by atoms with Crippen LogP contribution in [0.25, 0.3) is 0 Å². The van der Waals surface area contributed by atoms with E-state index in [-0.39, 0.29) is 11.3 Å². The van der Waals surface area contributed by atoms with Gasteiger partial charge in [-0.25, -0.2) is 0 Å². The summed E-state index contributed by atoms with van der Waals surface area (Å²) in [5.41, 5.74) is 2.61. The van der Waals surface area contributed by atoms with Gasteiger partial charge in [0.25, 0.3) is 5.91 Å². The zero-order valence-corrected chi connectivity index (χ0v) is 9.97. The molecule has 0 aromatic heterocycles. The SMILES string of the molecule is O=C1c2ccccc2C(S)N1c1ccccc1. The highest BCUT2D eigenvalue weighted by molar-refractivity contribution is 7.80. The van der Waals surface area contributed by atoms with Gasteiger partial charge in [-0.15, -0.1) is 12.6 Å². The van der Waals surface area contributed by atoms with Crippen LogP contribution in [0.15, 0.2) is 54.6 Å². The van der Waals surface area contributed by atoms with Gasteiger partial charge in [0.2, 0.25) is 0 Å². The number of rotatable bonds is 1. The van der Waals surface area contributed by atoms with Gasteiger partial charge < -0.3 is 0 Å². The molecule has 3 rings (SSSR count). The first-order valence-corrected chi connectivity index (χ1v) is 5.96. The highest BCUT2D eigenvalue weighted by Gasteiger charge is 2.34. The number of fused-ring (bicyclic) bond motifs is 1. The fourth-order valence-corrected chi connectivity index (χ4v) is 2.61. The summed E-state index contributed by atoms with van der Waals surface area (Å²) >= 11 is 4.54. The van der Waals surface area contributed by atoms with Gasteiger partial charge in [0.1, 0.15) is 5.37 Å². The quantitative estimate of drug-likeness (QED) is 0.760. The molecular formula is C14H11NOS. The lowest BCUT2D eigenvalue weighted by atomic mass is 10.1. The summed E-state index contributed by atoms with van der Waals surface area (Å²) in [6.45, 7) is 0. The number of carbonyl (C=O) groups is 1. The van der Waals surface area contributed by atoms with E-state index in [2.05, 4.69) is 12.6 Å². The van der Waals surface area contributed by atoms with Crippen LogP contribution in [0.2, 0.25) is 0 Å². The Morgan fingerprint density at radius 1 is 0.941 bits per heavy atom. The van der Waals surface area contributed by atoms with Crippen LogP contribution in [-0.4, -0.2) is 5.91 Å². The molecular weight excluding hydrogens is 230 g/mol. The van der Waals surface area contributed by atoms with Gasteiger partial charge in [0.05, 0.1) is 0 Å². The van der Waals surface area contributed by atoms with Gasteiger partial charge in [0.15, 0.2) is 0 Å². The number of nitrogens with zero attached hydrogens (tertiary/aromatic N) is 1. The van der Waals surface area contributed by atoms with Gasteiger partial charge in [-0.1, -0.05) is 36.4 Å². The molecule has 0 aliphatic carbocycles. The van der Waals surface area contributed by atoms with Crippen molar-refractivity contribution in [2.24, 2.45) is 0 Å². The van der Waals surface area contributed by atoms with Crippen molar-refractivity contribution < 1.29 is 4.79 Å². The first-order chi connectivity index (χ1) is 8.29. The van der Waals surface area contributed by atoms with E-state index in [1.807, 2.05) is 54.6 Å². The zero-order chi connectivity index (χ0) is 11.8. The predicted molar refractivity (Wildman–Crippen MR) is 71.4 cm³/mol. The van der Waals surface area contributed by atoms with Crippen LogP contribution in [0, 0.1) is 0 Å². The topological polar surface area (TPSA) is 20.3 Å². The molecule has 3 heteroatoms. The lowest BCUT2D eigenvalue weighted by molar-refractivity contribution is 0.0996. The van der Waals surface area contributed by atoms with E-state index in [9.17, 15) is 4.79 Å². The minimum atomic E-state index is -0.193. The van der Waals surface area contributed by atoms with Gasteiger partial charge in [-0.3, -0.25) is 9.69 Å². The third-order valence-corrected chi connectivity index (χ3v) is 3.48. The molecule has 0 fully saturated rings. The molecule has 1 unspecified atom stereocenters. The minimum Gasteiger partial charge on any atom is -0.292 e. The number of anilines is 1. The van der Waals surface area contributed by atoms with Crippen molar-refractivity contribution in [3.05, 3.63) is 65.7 Å². The lowest BCUT2D eigenvalue weighted by Gasteiger charge is -2.21. The molecule has 2 aromatic carbocycles. The van der Waals surface area contributed by atoms with Gasteiger partial charge in [0, 0.05) is 11.3 Å². The fourth-order valence-electron chi connectivity index (χ4n) is 2.14. The van der Waals surface area contributed by atoms with Gasteiger partial charge in [-0.2, -0.15) is 0 Å². The maximum atomic E-state index is 12.3.